The lowest BCUT2D eigenvalue weighted by Gasteiger charge is -2.53. The van der Waals surface area contributed by atoms with E-state index >= 15 is 0 Å². The Kier molecular flexibility index (Phi) is 7.62. The van der Waals surface area contributed by atoms with Crippen LogP contribution in [0.25, 0.3) is 0 Å². The van der Waals surface area contributed by atoms with Crippen molar-refractivity contribution in [3.05, 3.63) is 0 Å². The predicted molar refractivity (Wildman–Crippen MR) is 111 cm³/mol. The number of ether oxygens (including phenoxy) is 6. The molecule has 1 aliphatic heterocycles. The van der Waals surface area contributed by atoms with Gasteiger partial charge in [0.15, 0.2) is 0 Å². The Hall–Kier alpha value is -0.240. The highest BCUT2D eigenvalue weighted by Gasteiger charge is 2.53. The summed E-state index contributed by atoms with van der Waals surface area (Å²) in [6.45, 7) is 5.09. The van der Waals surface area contributed by atoms with E-state index in [0.29, 0.717) is 76.5 Å². The van der Waals surface area contributed by atoms with Gasteiger partial charge in [-0.2, -0.15) is 0 Å². The van der Waals surface area contributed by atoms with E-state index in [9.17, 15) is 0 Å². The van der Waals surface area contributed by atoms with Gasteiger partial charge >= 0.3 is 0 Å². The third kappa shape index (κ3) is 4.60. The summed E-state index contributed by atoms with van der Waals surface area (Å²) >= 11 is 0. The fourth-order valence-electron chi connectivity index (χ4n) is 6.74. The Morgan fingerprint density at radius 2 is 0.600 bits per heavy atom. The minimum atomic E-state index is 0.233. The molecule has 0 spiro atoms. The molecule has 1 saturated heterocycles. The van der Waals surface area contributed by atoms with E-state index in [4.69, 9.17) is 28.4 Å². The molecule has 0 aromatic rings. The zero-order valence-corrected chi connectivity index (χ0v) is 18.4. The van der Waals surface area contributed by atoms with Gasteiger partial charge < -0.3 is 28.4 Å². The largest absolute Gasteiger partial charge is 0.377 e. The fourth-order valence-corrected chi connectivity index (χ4v) is 6.74. The third-order valence-electron chi connectivity index (χ3n) is 8.24. The molecule has 30 heavy (non-hydrogen) atoms. The third-order valence-corrected chi connectivity index (χ3v) is 8.24. The van der Waals surface area contributed by atoms with Crippen molar-refractivity contribution in [2.75, 3.05) is 52.9 Å². The van der Waals surface area contributed by atoms with Crippen LogP contribution in [0.4, 0.5) is 0 Å². The van der Waals surface area contributed by atoms with Gasteiger partial charge in [0.1, 0.15) is 0 Å². The van der Waals surface area contributed by atoms with Gasteiger partial charge in [0.25, 0.3) is 0 Å². The number of fused-ring (bicyclic) bond motifs is 8. The summed E-state index contributed by atoms with van der Waals surface area (Å²) < 4.78 is 36.5. The highest BCUT2D eigenvalue weighted by atomic mass is 16.6. The first-order valence-electron chi connectivity index (χ1n) is 12.6. The van der Waals surface area contributed by atoms with Crippen molar-refractivity contribution in [3.63, 3.8) is 0 Å². The van der Waals surface area contributed by atoms with Crippen LogP contribution in [-0.4, -0.2) is 77.3 Å². The highest BCUT2D eigenvalue weighted by molar-refractivity contribution is 5.02. The quantitative estimate of drug-likeness (QED) is 0.595. The summed E-state index contributed by atoms with van der Waals surface area (Å²) in [5, 5.41) is 0. The normalized spacial score (nSPS) is 46.4. The molecule has 0 amide bonds. The van der Waals surface area contributed by atoms with Crippen molar-refractivity contribution < 1.29 is 28.4 Å². The van der Waals surface area contributed by atoms with E-state index in [0.717, 1.165) is 0 Å². The Morgan fingerprint density at radius 3 is 0.867 bits per heavy atom. The van der Waals surface area contributed by atoms with Gasteiger partial charge in [0.05, 0.1) is 77.3 Å². The SMILES string of the molecule is C1CCC2C(C1)C1OCCOCCOC3C4CCCCC4C3OCCOCCOC21. The number of hydrogen-bond donors (Lipinski definition) is 0. The molecule has 6 nitrogen and oxygen atoms in total. The van der Waals surface area contributed by atoms with E-state index in [1.165, 1.54) is 51.4 Å². The lowest BCUT2D eigenvalue weighted by Crippen LogP contribution is -2.59. The number of rotatable bonds is 0. The van der Waals surface area contributed by atoms with Gasteiger partial charge in [-0.25, -0.2) is 0 Å². The van der Waals surface area contributed by atoms with E-state index in [-0.39, 0.29) is 24.4 Å². The summed E-state index contributed by atoms with van der Waals surface area (Å²) in [5.74, 6) is 2.69. The molecule has 5 fully saturated rings. The second kappa shape index (κ2) is 10.6. The maximum Gasteiger partial charge on any atom is 0.0872 e. The molecule has 0 bridgehead atoms. The van der Waals surface area contributed by atoms with Crippen LogP contribution in [0.3, 0.4) is 0 Å². The second-order valence-electron chi connectivity index (χ2n) is 9.79. The van der Waals surface area contributed by atoms with Crippen LogP contribution in [0.2, 0.25) is 0 Å². The van der Waals surface area contributed by atoms with Crippen LogP contribution in [-0.2, 0) is 28.4 Å². The maximum absolute atomic E-state index is 6.22. The van der Waals surface area contributed by atoms with E-state index in [1.807, 2.05) is 0 Å². The molecule has 172 valence electrons. The Bertz CT molecular complexity index is 440. The zero-order chi connectivity index (χ0) is 20.2. The van der Waals surface area contributed by atoms with Gasteiger partial charge in [-0.3, -0.25) is 0 Å². The van der Waals surface area contributed by atoms with Crippen LogP contribution >= 0.6 is 0 Å². The first kappa shape index (κ1) is 21.6. The average Bonchev–Trinajstić information content (AvgIpc) is 2.76. The Morgan fingerprint density at radius 1 is 0.333 bits per heavy atom. The molecule has 4 saturated carbocycles. The molecular formula is C24H40O6. The molecule has 0 radical (unpaired) electrons. The van der Waals surface area contributed by atoms with Crippen LogP contribution < -0.4 is 0 Å². The topological polar surface area (TPSA) is 55.4 Å². The van der Waals surface area contributed by atoms with E-state index < -0.39 is 0 Å². The van der Waals surface area contributed by atoms with Crippen LogP contribution in [0.5, 0.6) is 0 Å². The molecule has 5 aliphatic rings. The van der Waals surface area contributed by atoms with Crippen LogP contribution in [0, 0.1) is 23.7 Å². The standard InChI is InChI=1S/C24H40O6/c1-2-6-18-17(5-1)21-22(18)28-14-10-26-12-16-30-24-20-8-4-3-7-19(20)23(24)29-15-11-25-9-13-27-21/h17-24H,1-16H2. The fraction of sp³-hybridized carbons (Fsp3) is 1.00. The molecule has 5 rings (SSSR count). The van der Waals surface area contributed by atoms with Crippen molar-refractivity contribution in [1.29, 1.82) is 0 Å². The highest BCUT2D eigenvalue weighted by Crippen LogP contribution is 2.49. The molecule has 8 atom stereocenters. The predicted octanol–water partition coefficient (Wildman–Crippen LogP) is 3.21. The first-order valence-corrected chi connectivity index (χ1v) is 12.6. The lowest BCUT2D eigenvalue weighted by molar-refractivity contribution is -0.231. The minimum Gasteiger partial charge on any atom is -0.377 e. The molecule has 4 aliphatic carbocycles. The average molecular weight is 425 g/mol. The van der Waals surface area contributed by atoms with Crippen molar-refractivity contribution in [2.24, 2.45) is 23.7 Å². The lowest BCUT2D eigenvalue weighted by atomic mass is 9.61. The minimum absolute atomic E-state index is 0.233. The van der Waals surface area contributed by atoms with E-state index in [2.05, 4.69) is 0 Å². The van der Waals surface area contributed by atoms with Crippen molar-refractivity contribution in [3.8, 4) is 0 Å². The van der Waals surface area contributed by atoms with Crippen LogP contribution in [0.15, 0.2) is 0 Å². The molecule has 8 unspecified atom stereocenters. The summed E-state index contributed by atoms with van der Waals surface area (Å²) in [6.07, 6.45) is 11.4. The van der Waals surface area contributed by atoms with Gasteiger partial charge in [-0.15, -0.1) is 0 Å². The van der Waals surface area contributed by atoms with Gasteiger partial charge in [-0.05, 0) is 49.4 Å². The monoisotopic (exact) mass is 424 g/mol. The Balaban J connectivity index is 1.12. The van der Waals surface area contributed by atoms with Gasteiger partial charge in [0, 0.05) is 0 Å². The van der Waals surface area contributed by atoms with Crippen molar-refractivity contribution in [2.45, 2.75) is 75.8 Å². The zero-order valence-electron chi connectivity index (χ0n) is 18.4. The first-order chi connectivity index (χ1) is 14.9. The molecule has 1 heterocycles. The van der Waals surface area contributed by atoms with Gasteiger partial charge in [-0.1, -0.05) is 25.7 Å². The summed E-state index contributed by atoms with van der Waals surface area (Å²) in [6, 6.07) is 0. The summed E-state index contributed by atoms with van der Waals surface area (Å²) in [4.78, 5) is 0. The molecule has 0 aromatic heterocycles. The smallest absolute Gasteiger partial charge is 0.0872 e. The van der Waals surface area contributed by atoms with Crippen LogP contribution in [0.1, 0.15) is 51.4 Å². The molecule has 0 aromatic carbocycles. The summed E-state index contributed by atoms with van der Waals surface area (Å²) in [5.41, 5.74) is 0. The van der Waals surface area contributed by atoms with Crippen molar-refractivity contribution >= 4 is 0 Å². The summed E-state index contributed by atoms with van der Waals surface area (Å²) in [7, 11) is 0. The molecular weight excluding hydrogens is 384 g/mol. The van der Waals surface area contributed by atoms with E-state index in [1.54, 1.807) is 0 Å². The second-order valence-corrected chi connectivity index (χ2v) is 9.79. The van der Waals surface area contributed by atoms with Gasteiger partial charge in [0.2, 0.25) is 0 Å². The molecule has 0 N–H and O–H groups in total. The number of hydrogen-bond acceptors (Lipinski definition) is 6. The maximum atomic E-state index is 6.22. The van der Waals surface area contributed by atoms with Crippen molar-refractivity contribution in [1.82, 2.24) is 0 Å². The Labute approximate surface area is 181 Å². The molecule has 6 heteroatoms.